The van der Waals surface area contributed by atoms with Gasteiger partial charge < -0.3 is 10.6 Å². The van der Waals surface area contributed by atoms with Crippen molar-refractivity contribution in [2.24, 2.45) is 11.0 Å². The molecule has 0 aliphatic heterocycles. The van der Waals surface area contributed by atoms with Gasteiger partial charge in [0.05, 0.1) is 12.2 Å². The van der Waals surface area contributed by atoms with E-state index in [-0.39, 0.29) is 17.3 Å². The molecule has 0 radical (unpaired) electrons. The number of nitrogens with one attached hydrogen (secondary N) is 1. The molecule has 0 spiro atoms. The Balaban J connectivity index is 1.58. The highest BCUT2D eigenvalue weighted by atomic mass is 16.6. The van der Waals surface area contributed by atoms with Crippen LogP contribution in [0.2, 0.25) is 0 Å². The Morgan fingerprint density at radius 3 is 2.77 bits per heavy atom. The van der Waals surface area contributed by atoms with Crippen molar-refractivity contribution < 1.29 is 9.42 Å². The van der Waals surface area contributed by atoms with Crippen LogP contribution in [0.25, 0.3) is 5.82 Å². The number of nitrogen functional groups attached to an aromatic ring is 1. The van der Waals surface area contributed by atoms with Crippen LogP contribution in [-0.2, 0) is 6.54 Å². The predicted octanol–water partition coefficient (Wildman–Crippen LogP) is 2.16. The number of carbonyl (C=O) groups is 1. The molecule has 162 valence electrons. The van der Waals surface area contributed by atoms with Crippen LogP contribution >= 0.6 is 0 Å². The summed E-state index contributed by atoms with van der Waals surface area (Å²) in [5.74, 6) is 0.170. The Morgan fingerprint density at radius 1 is 1.29 bits per heavy atom. The molecule has 3 aromatic rings. The molecule has 0 bridgehead atoms. The number of hydrazone groups is 1. The third-order valence-electron chi connectivity index (χ3n) is 5.36. The molecule has 2 heterocycles. The quantitative estimate of drug-likeness (QED) is 0.435. The highest BCUT2D eigenvalue weighted by molar-refractivity contribution is 5.93. The van der Waals surface area contributed by atoms with Crippen molar-refractivity contribution in [1.82, 2.24) is 30.7 Å². The van der Waals surface area contributed by atoms with E-state index >= 15 is 0 Å². The van der Waals surface area contributed by atoms with Gasteiger partial charge in [0.15, 0.2) is 5.69 Å². The van der Waals surface area contributed by atoms with E-state index in [0.717, 1.165) is 18.5 Å². The van der Waals surface area contributed by atoms with Crippen LogP contribution in [-0.4, -0.2) is 44.5 Å². The number of carbonyl (C=O) groups excluding carboxylic acids is 1. The van der Waals surface area contributed by atoms with E-state index in [2.05, 4.69) is 31.2 Å². The number of rotatable bonds is 7. The number of hydrogen-bond acceptors (Lipinski definition) is 9. The van der Waals surface area contributed by atoms with Crippen LogP contribution in [0, 0.1) is 5.92 Å². The molecular formula is C20H25N9O2. The first-order valence-electron chi connectivity index (χ1n) is 10.3. The van der Waals surface area contributed by atoms with Crippen LogP contribution in [0.3, 0.4) is 0 Å². The van der Waals surface area contributed by atoms with Gasteiger partial charge in [0, 0.05) is 18.9 Å². The zero-order valence-corrected chi connectivity index (χ0v) is 17.3. The average Bonchev–Trinajstić information content (AvgIpc) is 3.40. The summed E-state index contributed by atoms with van der Waals surface area (Å²) in [4.78, 5) is 14.8. The fraction of sp³-hybridized carbons (Fsp3) is 0.400. The van der Waals surface area contributed by atoms with Gasteiger partial charge in [-0.25, -0.2) is 10.1 Å². The van der Waals surface area contributed by atoms with Crippen LogP contribution in [0.1, 0.15) is 48.3 Å². The SMILES string of the molecule is CN(Cc1c(C(=O)N/N=C\C2CCCCC2)nnn1-c1nonc1N)c1ccccc1. The molecule has 11 nitrogen and oxygen atoms in total. The van der Waals surface area contributed by atoms with Gasteiger partial charge in [-0.05, 0) is 41.2 Å². The lowest BCUT2D eigenvalue weighted by atomic mass is 9.90. The van der Waals surface area contributed by atoms with E-state index in [9.17, 15) is 4.79 Å². The Bertz CT molecular complexity index is 1040. The lowest BCUT2D eigenvalue weighted by Crippen LogP contribution is -2.25. The third-order valence-corrected chi connectivity index (χ3v) is 5.36. The van der Waals surface area contributed by atoms with E-state index in [4.69, 9.17) is 10.4 Å². The second-order valence-corrected chi connectivity index (χ2v) is 7.58. The van der Waals surface area contributed by atoms with E-state index in [0.29, 0.717) is 18.2 Å². The molecule has 1 aromatic carbocycles. The molecule has 31 heavy (non-hydrogen) atoms. The van der Waals surface area contributed by atoms with Crippen molar-refractivity contribution in [3.05, 3.63) is 41.7 Å². The lowest BCUT2D eigenvalue weighted by molar-refractivity contribution is 0.0949. The smallest absolute Gasteiger partial charge is 0.293 e. The van der Waals surface area contributed by atoms with E-state index < -0.39 is 5.91 Å². The second-order valence-electron chi connectivity index (χ2n) is 7.58. The summed E-state index contributed by atoms with van der Waals surface area (Å²) < 4.78 is 6.06. The molecule has 0 atom stereocenters. The molecule has 1 aliphatic rings. The molecule has 0 unspecified atom stereocenters. The fourth-order valence-corrected chi connectivity index (χ4v) is 3.66. The second kappa shape index (κ2) is 9.37. The molecule has 2 aromatic heterocycles. The van der Waals surface area contributed by atoms with E-state index in [1.807, 2.05) is 48.5 Å². The summed E-state index contributed by atoms with van der Waals surface area (Å²) in [6.07, 6.45) is 7.67. The molecule has 1 saturated carbocycles. The van der Waals surface area contributed by atoms with Gasteiger partial charge >= 0.3 is 0 Å². The zero-order chi connectivity index (χ0) is 21.6. The topological polar surface area (TPSA) is 140 Å². The number of benzene rings is 1. The minimum Gasteiger partial charge on any atom is -0.378 e. The number of para-hydroxylation sites is 1. The van der Waals surface area contributed by atoms with Crippen LogP contribution in [0.5, 0.6) is 0 Å². The Labute approximate surface area is 179 Å². The summed E-state index contributed by atoms with van der Waals surface area (Å²) in [7, 11) is 1.90. The third kappa shape index (κ3) is 4.71. The number of nitrogens with two attached hydrogens (primary N) is 1. The normalized spacial score (nSPS) is 14.7. The maximum absolute atomic E-state index is 12.8. The van der Waals surface area contributed by atoms with Gasteiger partial charge in [0.1, 0.15) is 0 Å². The molecule has 11 heteroatoms. The number of amides is 1. The first-order chi connectivity index (χ1) is 15.1. The maximum Gasteiger partial charge on any atom is 0.293 e. The Morgan fingerprint density at radius 2 is 2.06 bits per heavy atom. The van der Waals surface area contributed by atoms with Gasteiger partial charge in [0.25, 0.3) is 5.91 Å². The monoisotopic (exact) mass is 423 g/mol. The maximum atomic E-state index is 12.8. The first kappa shape index (κ1) is 20.5. The first-order valence-corrected chi connectivity index (χ1v) is 10.3. The Kier molecular flexibility index (Phi) is 6.20. The summed E-state index contributed by atoms with van der Waals surface area (Å²) in [5.41, 5.74) is 9.99. The highest BCUT2D eigenvalue weighted by Crippen LogP contribution is 2.22. The van der Waals surface area contributed by atoms with Gasteiger partial charge in [-0.2, -0.15) is 9.78 Å². The van der Waals surface area contributed by atoms with Gasteiger partial charge in [-0.1, -0.05) is 42.7 Å². The van der Waals surface area contributed by atoms with Gasteiger partial charge in [-0.15, -0.1) is 5.10 Å². The largest absolute Gasteiger partial charge is 0.378 e. The van der Waals surface area contributed by atoms with E-state index in [1.165, 1.54) is 23.9 Å². The van der Waals surface area contributed by atoms with E-state index in [1.54, 1.807) is 0 Å². The van der Waals surface area contributed by atoms with Crippen molar-refractivity contribution >= 4 is 23.6 Å². The van der Waals surface area contributed by atoms with Crippen LogP contribution < -0.4 is 16.1 Å². The van der Waals surface area contributed by atoms with Gasteiger partial charge in [-0.3, -0.25) is 4.79 Å². The minimum absolute atomic E-state index is 0.0517. The van der Waals surface area contributed by atoms with Crippen LogP contribution in [0.15, 0.2) is 40.1 Å². The highest BCUT2D eigenvalue weighted by Gasteiger charge is 2.25. The molecular weight excluding hydrogens is 398 g/mol. The Hall–Kier alpha value is -3.76. The zero-order valence-electron chi connectivity index (χ0n) is 17.3. The molecule has 1 amide bonds. The molecule has 4 rings (SSSR count). The summed E-state index contributed by atoms with van der Waals surface area (Å²) in [6.45, 7) is 0.318. The standard InChI is InChI=1S/C20H25N9O2/c1-28(15-10-6-3-7-11-15)13-16-17(23-27-29(16)19-18(21)25-31-26-19)20(30)24-22-12-14-8-4-2-5-9-14/h3,6-7,10-12,14H,2,4-5,8-9,13H2,1H3,(H2,21,25)(H,24,30)/b22-12-. The predicted molar refractivity (Wildman–Crippen MR) is 115 cm³/mol. The van der Waals surface area contributed by atoms with Crippen LogP contribution in [0.4, 0.5) is 11.5 Å². The molecule has 3 N–H and O–H groups in total. The minimum atomic E-state index is -0.454. The van der Waals surface area contributed by atoms with Gasteiger partial charge in [0.2, 0.25) is 11.6 Å². The van der Waals surface area contributed by atoms with Crippen molar-refractivity contribution in [2.75, 3.05) is 17.7 Å². The average molecular weight is 423 g/mol. The lowest BCUT2D eigenvalue weighted by Gasteiger charge is -2.19. The summed E-state index contributed by atoms with van der Waals surface area (Å²) >= 11 is 0. The van der Waals surface area contributed by atoms with Crippen molar-refractivity contribution in [1.29, 1.82) is 0 Å². The summed E-state index contributed by atoms with van der Waals surface area (Å²) in [6, 6.07) is 9.75. The molecule has 0 saturated heterocycles. The van der Waals surface area contributed by atoms with Crippen molar-refractivity contribution in [2.45, 2.75) is 38.6 Å². The number of anilines is 2. The van der Waals surface area contributed by atoms with Crippen molar-refractivity contribution in [3.63, 3.8) is 0 Å². The summed E-state index contributed by atoms with van der Waals surface area (Å²) in [5, 5.41) is 19.7. The number of nitrogens with zero attached hydrogens (tertiary/aromatic N) is 7. The fourth-order valence-electron chi connectivity index (χ4n) is 3.66. The number of hydrogen-bond donors (Lipinski definition) is 2. The molecule has 1 aliphatic carbocycles. The van der Waals surface area contributed by atoms with Crippen molar-refractivity contribution in [3.8, 4) is 5.82 Å². The number of aromatic nitrogens is 5. The molecule has 1 fully saturated rings.